The summed E-state index contributed by atoms with van der Waals surface area (Å²) in [5, 5.41) is 3.40. The Morgan fingerprint density at radius 3 is 2.78 bits per heavy atom. The summed E-state index contributed by atoms with van der Waals surface area (Å²) in [6.45, 7) is 0. The first-order valence-corrected chi connectivity index (χ1v) is 7.18. The number of rotatable bonds is 3. The predicted octanol–water partition coefficient (Wildman–Crippen LogP) is 4.50. The maximum atomic E-state index is 4.43. The van der Waals surface area contributed by atoms with Gasteiger partial charge in [0, 0.05) is 22.9 Å². The van der Waals surface area contributed by atoms with Crippen LogP contribution in [0.4, 0.5) is 11.6 Å². The standard InChI is InChI=1S/C14H16BrN3/c15-12-7-3-4-8-13(12)17-14-16-9-10-18(14)11-5-1-2-6-11/h3-4,7-11H,1-2,5-6H2,(H,16,17). The Labute approximate surface area is 115 Å². The van der Waals surface area contributed by atoms with E-state index in [1.807, 2.05) is 24.4 Å². The van der Waals surface area contributed by atoms with Gasteiger partial charge >= 0.3 is 0 Å². The molecule has 1 saturated carbocycles. The van der Waals surface area contributed by atoms with E-state index in [0.29, 0.717) is 6.04 Å². The topological polar surface area (TPSA) is 29.9 Å². The van der Waals surface area contributed by atoms with Crippen molar-refractivity contribution in [1.29, 1.82) is 0 Å². The lowest BCUT2D eigenvalue weighted by molar-refractivity contribution is 0.525. The molecule has 0 unspecified atom stereocenters. The third kappa shape index (κ3) is 2.29. The molecule has 0 aliphatic heterocycles. The van der Waals surface area contributed by atoms with Crippen molar-refractivity contribution in [3.63, 3.8) is 0 Å². The van der Waals surface area contributed by atoms with Crippen molar-refractivity contribution >= 4 is 27.6 Å². The Kier molecular flexibility index (Phi) is 3.37. The first kappa shape index (κ1) is 11.8. The van der Waals surface area contributed by atoms with Crippen molar-refractivity contribution in [3.8, 4) is 0 Å². The second kappa shape index (κ2) is 5.14. The van der Waals surface area contributed by atoms with E-state index in [4.69, 9.17) is 0 Å². The highest BCUT2D eigenvalue weighted by Gasteiger charge is 2.19. The summed E-state index contributed by atoms with van der Waals surface area (Å²) < 4.78 is 3.33. The molecule has 0 radical (unpaired) electrons. The van der Waals surface area contributed by atoms with Crippen LogP contribution in [0.1, 0.15) is 31.7 Å². The molecule has 1 fully saturated rings. The SMILES string of the molecule is Brc1ccccc1Nc1nccn1C1CCCC1. The van der Waals surface area contributed by atoms with Crippen LogP contribution in [-0.4, -0.2) is 9.55 Å². The molecule has 4 heteroatoms. The lowest BCUT2D eigenvalue weighted by atomic mass is 10.2. The summed E-state index contributed by atoms with van der Waals surface area (Å²) in [6.07, 6.45) is 9.14. The quantitative estimate of drug-likeness (QED) is 0.904. The molecule has 1 aliphatic carbocycles. The summed E-state index contributed by atoms with van der Waals surface area (Å²) in [5.41, 5.74) is 1.06. The molecule has 1 N–H and O–H groups in total. The molecule has 3 rings (SSSR count). The maximum absolute atomic E-state index is 4.43. The number of halogens is 1. The number of nitrogens with zero attached hydrogens (tertiary/aromatic N) is 2. The van der Waals surface area contributed by atoms with Crippen LogP contribution in [0.5, 0.6) is 0 Å². The minimum atomic E-state index is 0.609. The van der Waals surface area contributed by atoms with E-state index in [2.05, 4.69) is 43.1 Å². The Balaban J connectivity index is 1.85. The van der Waals surface area contributed by atoms with Crippen LogP contribution in [0.2, 0.25) is 0 Å². The van der Waals surface area contributed by atoms with Gasteiger partial charge in [-0.2, -0.15) is 0 Å². The van der Waals surface area contributed by atoms with E-state index in [-0.39, 0.29) is 0 Å². The molecule has 1 aromatic heterocycles. The predicted molar refractivity (Wildman–Crippen MR) is 77.2 cm³/mol. The van der Waals surface area contributed by atoms with Gasteiger partial charge in [0.1, 0.15) is 0 Å². The van der Waals surface area contributed by atoms with Gasteiger partial charge in [0.05, 0.1) is 5.69 Å². The Bertz CT molecular complexity index is 529. The van der Waals surface area contributed by atoms with Gasteiger partial charge in [0.2, 0.25) is 5.95 Å². The number of nitrogens with one attached hydrogen (secondary N) is 1. The average Bonchev–Trinajstić information content (AvgIpc) is 3.02. The molecular formula is C14H16BrN3. The van der Waals surface area contributed by atoms with Crippen LogP contribution >= 0.6 is 15.9 Å². The van der Waals surface area contributed by atoms with Crippen LogP contribution in [-0.2, 0) is 0 Å². The number of aromatic nitrogens is 2. The van der Waals surface area contributed by atoms with Gasteiger partial charge < -0.3 is 9.88 Å². The fourth-order valence-corrected chi connectivity index (χ4v) is 2.95. The molecule has 1 aliphatic rings. The smallest absolute Gasteiger partial charge is 0.207 e. The third-order valence-corrected chi connectivity index (χ3v) is 4.20. The van der Waals surface area contributed by atoms with Crippen LogP contribution in [0.3, 0.4) is 0 Å². The molecule has 1 heterocycles. The lowest BCUT2D eigenvalue weighted by Gasteiger charge is -2.16. The molecule has 0 amide bonds. The number of benzene rings is 1. The number of anilines is 2. The molecule has 0 bridgehead atoms. The van der Waals surface area contributed by atoms with E-state index < -0.39 is 0 Å². The maximum Gasteiger partial charge on any atom is 0.207 e. The first-order chi connectivity index (χ1) is 8.84. The Morgan fingerprint density at radius 2 is 2.00 bits per heavy atom. The fraction of sp³-hybridized carbons (Fsp3) is 0.357. The molecule has 0 saturated heterocycles. The van der Waals surface area contributed by atoms with E-state index in [1.165, 1.54) is 25.7 Å². The minimum absolute atomic E-state index is 0.609. The highest BCUT2D eigenvalue weighted by molar-refractivity contribution is 9.10. The van der Waals surface area contributed by atoms with Crippen LogP contribution in [0.15, 0.2) is 41.1 Å². The lowest BCUT2D eigenvalue weighted by Crippen LogP contribution is -2.08. The number of imidazole rings is 1. The normalized spacial score (nSPS) is 16.1. The van der Waals surface area contributed by atoms with Crippen molar-refractivity contribution in [2.75, 3.05) is 5.32 Å². The van der Waals surface area contributed by atoms with Crippen molar-refractivity contribution in [2.24, 2.45) is 0 Å². The van der Waals surface area contributed by atoms with Crippen molar-refractivity contribution in [1.82, 2.24) is 9.55 Å². The number of hydrogen-bond acceptors (Lipinski definition) is 2. The molecule has 1 aromatic carbocycles. The first-order valence-electron chi connectivity index (χ1n) is 6.39. The van der Waals surface area contributed by atoms with Crippen molar-refractivity contribution < 1.29 is 0 Å². The summed E-state index contributed by atoms with van der Waals surface area (Å²) in [4.78, 5) is 4.43. The van der Waals surface area contributed by atoms with Gasteiger partial charge in [-0.25, -0.2) is 4.98 Å². The Hall–Kier alpha value is -1.29. The zero-order chi connectivity index (χ0) is 12.4. The highest BCUT2D eigenvalue weighted by Crippen LogP contribution is 2.33. The van der Waals surface area contributed by atoms with Crippen LogP contribution in [0, 0.1) is 0 Å². The zero-order valence-corrected chi connectivity index (χ0v) is 11.7. The Morgan fingerprint density at radius 1 is 1.22 bits per heavy atom. The molecule has 94 valence electrons. The second-order valence-electron chi connectivity index (χ2n) is 4.70. The van der Waals surface area contributed by atoms with Gasteiger partial charge in [0.15, 0.2) is 0 Å². The van der Waals surface area contributed by atoms with Gasteiger partial charge in [-0.1, -0.05) is 25.0 Å². The fourth-order valence-electron chi connectivity index (χ4n) is 2.57. The van der Waals surface area contributed by atoms with E-state index >= 15 is 0 Å². The van der Waals surface area contributed by atoms with Crippen LogP contribution in [0.25, 0.3) is 0 Å². The molecule has 18 heavy (non-hydrogen) atoms. The largest absolute Gasteiger partial charge is 0.325 e. The number of para-hydroxylation sites is 1. The zero-order valence-electron chi connectivity index (χ0n) is 10.1. The second-order valence-corrected chi connectivity index (χ2v) is 5.56. The van der Waals surface area contributed by atoms with Gasteiger partial charge in [-0.05, 0) is 40.9 Å². The highest BCUT2D eigenvalue weighted by atomic mass is 79.9. The molecule has 3 nitrogen and oxygen atoms in total. The van der Waals surface area contributed by atoms with E-state index in [0.717, 1.165) is 16.1 Å². The van der Waals surface area contributed by atoms with Gasteiger partial charge in [-0.3, -0.25) is 0 Å². The van der Waals surface area contributed by atoms with E-state index in [9.17, 15) is 0 Å². The van der Waals surface area contributed by atoms with Gasteiger partial charge in [0.25, 0.3) is 0 Å². The summed E-state index contributed by atoms with van der Waals surface area (Å²) in [6, 6.07) is 8.73. The summed E-state index contributed by atoms with van der Waals surface area (Å²) >= 11 is 3.55. The van der Waals surface area contributed by atoms with Crippen molar-refractivity contribution in [3.05, 3.63) is 41.1 Å². The van der Waals surface area contributed by atoms with E-state index in [1.54, 1.807) is 0 Å². The molecular weight excluding hydrogens is 290 g/mol. The summed E-state index contributed by atoms with van der Waals surface area (Å²) in [7, 11) is 0. The average molecular weight is 306 g/mol. The van der Waals surface area contributed by atoms with Crippen LogP contribution < -0.4 is 5.32 Å². The number of hydrogen-bond donors (Lipinski definition) is 1. The monoisotopic (exact) mass is 305 g/mol. The molecule has 0 spiro atoms. The summed E-state index contributed by atoms with van der Waals surface area (Å²) in [5.74, 6) is 0.939. The van der Waals surface area contributed by atoms with Gasteiger partial charge in [-0.15, -0.1) is 0 Å². The molecule has 2 aromatic rings. The van der Waals surface area contributed by atoms with Crippen molar-refractivity contribution in [2.45, 2.75) is 31.7 Å². The molecule has 0 atom stereocenters. The minimum Gasteiger partial charge on any atom is -0.325 e. The third-order valence-electron chi connectivity index (χ3n) is 3.51.